The number of carbonyl (C=O) groups excluding carboxylic acids is 1. The van der Waals surface area contributed by atoms with Crippen molar-refractivity contribution < 1.29 is 4.79 Å². The molecule has 1 amide bonds. The Hall–Kier alpha value is -2.53. The number of rotatable bonds is 6. The fourth-order valence-corrected chi connectivity index (χ4v) is 2.74. The number of carbonyl (C=O) groups is 1. The molecular weight excluding hydrogens is 348 g/mol. The van der Waals surface area contributed by atoms with E-state index in [0.717, 1.165) is 5.56 Å². The normalized spacial score (nSPS) is 12.4. The van der Waals surface area contributed by atoms with Crippen LogP contribution in [0, 0.1) is 6.92 Å². The summed E-state index contributed by atoms with van der Waals surface area (Å²) in [5, 5.41) is 9.83. The Morgan fingerprint density at radius 3 is 2.58 bits per heavy atom. The Bertz CT molecular complexity index is 762. The number of halogens is 1. The summed E-state index contributed by atoms with van der Waals surface area (Å²) >= 11 is 6.14. The maximum absolute atomic E-state index is 12.1. The number of guanidine groups is 1. The summed E-state index contributed by atoms with van der Waals surface area (Å²) in [5.74, 6) is 0.553. The fourth-order valence-electron chi connectivity index (χ4n) is 2.45. The first-order valence-electron chi connectivity index (χ1n) is 8.57. The molecule has 0 fully saturated rings. The van der Waals surface area contributed by atoms with Gasteiger partial charge in [0.05, 0.1) is 16.8 Å². The van der Waals surface area contributed by atoms with E-state index >= 15 is 0 Å². The van der Waals surface area contributed by atoms with Crippen LogP contribution >= 0.6 is 11.6 Å². The highest BCUT2D eigenvalue weighted by Crippen LogP contribution is 2.22. The van der Waals surface area contributed by atoms with Gasteiger partial charge >= 0.3 is 0 Å². The average molecular weight is 373 g/mol. The van der Waals surface area contributed by atoms with Gasteiger partial charge in [-0.1, -0.05) is 48.0 Å². The maximum atomic E-state index is 12.1. The van der Waals surface area contributed by atoms with E-state index in [4.69, 9.17) is 11.6 Å². The fraction of sp³-hybridized carbons (Fsp3) is 0.300. The molecule has 0 radical (unpaired) electrons. The zero-order valence-electron chi connectivity index (χ0n) is 15.3. The second-order valence-corrected chi connectivity index (χ2v) is 6.46. The van der Waals surface area contributed by atoms with Crippen molar-refractivity contribution in [1.29, 1.82) is 0 Å². The summed E-state index contributed by atoms with van der Waals surface area (Å²) in [6.45, 7) is 4.49. The van der Waals surface area contributed by atoms with Crippen LogP contribution in [0.1, 0.15) is 30.5 Å². The molecule has 5 nitrogen and oxygen atoms in total. The minimum Gasteiger partial charge on any atom is -0.356 e. The van der Waals surface area contributed by atoms with Crippen LogP contribution in [0.3, 0.4) is 0 Å². The van der Waals surface area contributed by atoms with E-state index in [1.54, 1.807) is 7.05 Å². The number of benzene rings is 2. The standard InChI is InChI=1S/C20H25ClN4O/c1-14-9-10-18(17(21)13-14)25-19(26)11-12-23-20(22-3)24-15(2)16-7-5-4-6-8-16/h4-10,13,15H,11-12H2,1-3H3,(H,25,26)(H2,22,23,24). The predicted molar refractivity (Wildman–Crippen MR) is 109 cm³/mol. The van der Waals surface area contributed by atoms with E-state index in [0.29, 0.717) is 29.6 Å². The van der Waals surface area contributed by atoms with Crippen LogP contribution in [-0.2, 0) is 4.79 Å². The van der Waals surface area contributed by atoms with Gasteiger partial charge < -0.3 is 16.0 Å². The van der Waals surface area contributed by atoms with Crippen LogP contribution in [-0.4, -0.2) is 25.5 Å². The summed E-state index contributed by atoms with van der Waals surface area (Å²) in [4.78, 5) is 16.3. The molecule has 0 bridgehead atoms. The molecule has 1 unspecified atom stereocenters. The number of hydrogen-bond acceptors (Lipinski definition) is 2. The van der Waals surface area contributed by atoms with E-state index in [-0.39, 0.29) is 11.9 Å². The lowest BCUT2D eigenvalue weighted by Gasteiger charge is -2.18. The van der Waals surface area contributed by atoms with Crippen LogP contribution in [0.2, 0.25) is 5.02 Å². The molecule has 138 valence electrons. The molecule has 1 atom stereocenters. The molecule has 0 heterocycles. The molecule has 2 aromatic rings. The lowest BCUT2D eigenvalue weighted by molar-refractivity contribution is -0.116. The smallest absolute Gasteiger partial charge is 0.226 e. The van der Waals surface area contributed by atoms with Crippen LogP contribution in [0.15, 0.2) is 53.5 Å². The first kappa shape index (κ1) is 19.8. The lowest BCUT2D eigenvalue weighted by atomic mass is 10.1. The van der Waals surface area contributed by atoms with Gasteiger partial charge in [-0.25, -0.2) is 0 Å². The Balaban J connectivity index is 1.79. The van der Waals surface area contributed by atoms with Gasteiger partial charge in [-0.3, -0.25) is 9.79 Å². The van der Waals surface area contributed by atoms with E-state index in [9.17, 15) is 4.79 Å². The Morgan fingerprint density at radius 1 is 1.19 bits per heavy atom. The molecule has 6 heteroatoms. The van der Waals surface area contributed by atoms with Gasteiger partial charge in [0.15, 0.2) is 5.96 Å². The maximum Gasteiger partial charge on any atom is 0.226 e. The second-order valence-electron chi connectivity index (χ2n) is 6.06. The highest BCUT2D eigenvalue weighted by Gasteiger charge is 2.09. The Kier molecular flexibility index (Phi) is 7.48. The molecule has 0 aliphatic rings. The summed E-state index contributed by atoms with van der Waals surface area (Å²) in [5.41, 5.74) is 2.85. The van der Waals surface area contributed by atoms with Crippen molar-refractivity contribution in [2.75, 3.05) is 18.9 Å². The number of amides is 1. The van der Waals surface area contributed by atoms with Crippen molar-refractivity contribution >= 4 is 29.2 Å². The summed E-state index contributed by atoms with van der Waals surface area (Å²) in [6.07, 6.45) is 0.310. The highest BCUT2D eigenvalue weighted by atomic mass is 35.5. The van der Waals surface area contributed by atoms with Crippen LogP contribution in [0.25, 0.3) is 0 Å². The van der Waals surface area contributed by atoms with E-state index in [1.807, 2.05) is 43.3 Å². The van der Waals surface area contributed by atoms with Gasteiger partial charge in [0.2, 0.25) is 5.91 Å². The van der Waals surface area contributed by atoms with Crippen LogP contribution in [0.4, 0.5) is 5.69 Å². The van der Waals surface area contributed by atoms with Gasteiger partial charge in [-0.2, -0.15) is 0 Å². The van der Waals surface area contributed by atoms with Crippen LogP contribution in [0.5, 0.6) is 0 Å². The summed E-state index contributed by atoms with van der Waals surface area (Å²) in [7, 11) is 1.71. The average Bonchev–Trinajstić information content (AvgIpc) is 2.63. The Morgan fingerprint density at radius 2 is 1.92 bits per heavy atom. The van der Waals surface area contributed by atoms with E-state index in [2.05, 4.69) is 40.0 Å². The first-order chi connectivity index (χ1) is 12.5. The number of anilines is 1. The lowest BCUT2D eigenvalue weighted by Crippen LogP contribution is -2.39. The minimum atomic E-state index is -0.102. The van der Waals surface area contributed by atoms with Gasteiger partial charge in [-0.15, -0.1) is 0 Å². The van der Waals surface area contributed by atoms with Crippen molar-refractivity contribution in [3.8, 4) is 0 Å². The third-order valence-electron chi connectivity index (χ3n) is 3.92. The molecule has 0 aliphatic carbocycles. The first-order valence-corrected chi connectivity index (χ1v) is 8.95. The SMILES string of the molecule is CN=C(NCCC(=O)Nc1ccc(C)cc1Cl)NC(C)c1ccccc1. The third-order valence-corrected chi connectivity index (χ3v) is 4.23. The largest absolute Gasteiger partial charge is 0.356 e. The number of aryl methyl sites for hydroxylation is 1. The predicted octanol–water partition coefficient (Wildman–Crippen LogP) is 3.90. The molecule has 0 saturated carbocycles. The monoisotopic (exact) mass is 372 g/mol. The zero-order chi connectivity index (χ0) is 18.9. The quantitative estimate of drug-likeness (QED) is 0.532. The van der Waals surface area contributed by atoms with Gasteiger partial charge in [0, 0.05) is 20.0 Å². The van der Waals surface area contributed by atoms with Crippen LogP contribution < -0.4 is 16.0 Å². The topological polar surface area (TPSA) is 65.5 Å². The number of nitrogens with one attached hydrogen (secondary N) is 3. The number of hydrogen-bond donors (Lipinski definition) is 3. The van der Waals surface area contributed by atoms with Gasteiger partial charge in [0.1, 0.15) is 0 Å². The molecule has 26 heavy (non-hydrogen) atoms. The van der Waals surface area contributed by atoms with Gasteiger partial charge in [-0.05, 0) is 37.1 Å². The van der Waals surface area contributed by atoms with Crippen molar-refractivity contribution in [2.24, 2.45) is 4.99 Å². The highest BCUT2D eigenvalue weighted by molar-refractivity contribution is 6.33. The van der Waals surface area contributed by atoms with Crippen molar-refractivity contribution in [3.05, 3.63) is 64.7 Å². The molecule has 0 aromatic heterocycles. The molecule has 0 saturated heterocycles. The molecule has 3 N–H and O–H groups in total. The zero-order valence-corrected chi connectivity index (χ0v) is 16.1. The molecule has 2 rings (SSSR count). The van der Waals surface area contributed by atoms with Crippen molar-refractivity contribution in [2.45, 2.75) is 26.3 Å². The number of nitrogens with zero attached hydrogens (tertiary/aromatic N) is 1. The number of aliphatic imine (C=N–C) groups is 1. The summed E-state index contributed by atoms with van der Waals surface area (Å²) in [6, 6.07) is 15.8. The van der Waals surface area contributed by atoms with Crippen molar-refractivity contribution in [1.82, 2.24) is 10.6 Å². The second kappa shape index (κ2) is 9.82. The third kappa shape index (κ3) is 6.08. The van der Waals surface area contributed by atoms with E-state index < -0.39 is 0 Å². The Labute approximate surface area is 159 Å². The van der Waals surface area contributed by atoms with Gasteiger partial charge in [0.25, 0.3) is 0 Å². The molecule has 0 spiro atoms. The minimum absolute atomic E-state index is 0.102. The van der Waals surface area contributed by atoms with E-state index in [1.165, 1.54) is 5.56 Å². The molecular formula is C20H25ClN4O. The molecule has 2 aromatic carbocycles. The van der Waals surface area contributed by atoms with Crippen molar-refractivity contribution in [3.63, 3.8) is 0 Å². The molecule has 0 aliphatic heterocycles. The summed E-state index contributed by atoms with van der Waals surface area (Å²) < 4.78 is 0.